The third kappa shape index (κ3) is 7.29. The predicted molar refractivity (Wildman–Crippen MR) is 227 cm³/mol. The Balaban J connectivity index is 1.08. The van der Waals surface area contributed by atoms with Crippen molar-refractivity contribution < 1.29 is 0 Å². The SMILES string of the molecule is CC1CCC(N(C2CCCC3CCCCC32)C2C3CCCCC3CC3C2CC2CCCCC2C3N(C2CCCC(C)C2)C2CCCC3CCCCC32)CC1. The molecule has 2 heteroatoms. The maximum atomic E-state index is 3.61. The molecule has 0 aromatic carbocycles. The zero-order chi connectivity index (χ0) is 36.2. The van der Waals surface area contributed by atoms with Gasteiger partial charge in [0.05, 0.1) is 0 Å². The Morgan fingerprint density at radius 1 is 0.278 bits per heavy atom. The molecule has 0 aromatic heterocycles. The zero-order valence-corrected chi connectivity index (χ0v) is 35.9. The molecule has 0 saturated heterocycles. The molecule has 0 N–H and O–H groups in total. The average Bonchev–Trinajstić information content (AvgIpc) is 3.21. The van der Waals surface area contributed by atoms with Gasteiger partial charge in [-0.1, -0.05) is 129 Å². The van der Waals surface area contributed by atoms with E-state index in [0.29, 0.717) is 0 Å². The molecule has 0 aromatic rings. The van der Waals surface area contributed by atoms with Crippen LogP contribution < -0.4 is 0 Å². The number of hydrogen-bond acceptors (Lipinski definition) is 2. The van der Waals surface area contributed by atoms with Crippen molar-refractivity contribution in [3.63, 3.8) is 0 Å². The number of fused-ring (bicyclic) bond motifs is 5. The summed E-state index contributed by atoms with van der Waals surface area (Å²) in [5.74, 6) is 12.2. The molecule has 0 spiro atoms. The highest BCUT2D eigenvalue weighted by Gasteiger charge is 2.60. The summed E-state index contributed by atoms with van der Waals surface area (Å²) in [4.78, 5) is 7.22. The van der Waals surface area contributed by atoms with Crippen molar-refractivity contribution in [1.82, 2.24) is 9.80 Å². The van der Waals surface area contributed by atoms with E-state index in [1.807, 2.05) is 0 Å². The minimum absolute atomic E-state index is 0.894. The van der Waals surface area contributed by atoms with Crippen LogP contribution in [0, 0.1) is 71.0 Å². The molecule has 0 heterocycles. The predicted octanol–water partition coefficient (Wildman–Crippen LogP) is 13.9. The van der Waals surface area contributed by atoms with Crippen molar-refractivity contribution in [3.05, 3.63) is 0 Å². The summed E-state index contributed by atoms with van der Waals surface area (Å²) in [6.45, 7) is 5.26. The van der Waals surface area contributed by atoms with Crippen molar-refractivity contribution in [2.24, 2.45) is 71.0 Å². The summed E-state index contributed by atoms with van der Waals surface area (Å²) in [7, 11) is 0. The summed E-state index contributed by atoms with van der Waals surface area (Å²) in [6, 6.07) is 5.48. The topological polar surface area (TPSA) is 6.48 Å². The molecule has 0 amide bonds. The fourth-order valence-corrected chi connectivity index (χ4v) is 18.5. The van der Waals surface area contributed by atoms with Gasteiger partial charge in [-0.2, -0.15) is 0 Å². The second-order valence-electron chi connectivity index (χ2n) is 23.3. The average molecular weight is 741 g/mol. The fourth-order valence-electron chi connectivity index (χ4n) is 18.5. The summed E-state index contributed by atoms with van der Waals surface area (Å²) in [6.07, 6.45) is 49.9. The van der Waals surface area contributed by atoms with Crippen molar-refractivity contribution in [3.8, 4) is 0 Å². The molecule has 10 rings (SSSR count). The first-order valence-corrected chi connectivity index (χ1v) is 26.2. The lowest BCUT2D eigenvalue weighted by Crippen LogP contribution is -2.69. The fraction of sp³-hybridized carbons (Fsp3) is 1.00. The molecule has 54 heavy (non-hydrogen) atoms. The Morgan fingerprint density at radius 3 is 1.22 bits per heavy atom. The summed E-state index contributed by atoms with van der Waals surface area (Å²) in [5.41, 5.74) is 0. The second kappa shape index (κ2) is 16.9. The molecular formula is C52H88N2. The summed E-state index contributed by atoms with van der Waals surface area (Å²) in [5, 5.41) is 0. The molecule has 10 aliphatic rings. The van der Waals surface area contributed by atoms with E-state index in [1.165, 1.54) is 64.2 Å². The van der Waals surface area contributed by atoms with E-state index < -0.39 is 0 Å². The minimum atomic E-state index is 0.894. The molecule has 10 saturated carbocycles. The van der Waals surface area contributed by atoms with Crippen molar-refractivity contribution >= 4 is 0 Å². The first-order valence-electron chi connectivity index (χ1n) is 26.2. The van der Waals surface area contributed by atoms with Gasteiger partial charge in [-0.25, -0.2) is 0 Å². The Labute approximate surface area is 335 Å². The van der Waals surface area contributed by atoms with Gasteiger partial charge in [-0.15, -0.1) is 0 Å². The number of rotatable bonds is 6. The van der Waals surface area contributed by atoms with Gasteiger partial charge in [0.25, 0.3) is 0 Å². The lowest BCUT2D eigenvalue weighted by molar-refractivity contribution is -0.167. The van der Waals surface area contributed by atoms with E-state index in [4.69, 9.17) is 0 Å². The van der Waals surface area contributed by atoms with Crippen LogP contribution in [0.4, 0.5) is 0 Å². The normalized spacial score (nSPS) is 51.3. The Morgan fingerprint density at radius 2 is 0.704 bits per heavy atom. The van der Waals surface area contributed by atoms with Gasteiger partial charge >= 0.3 is 0 Å². The maximum Gasteiger partial charge on any atom is 0.0164 e. The van der Waals surface area contributed by atoms with Crippen molar-refractivity contribution in [2.45, 2.75) is 256 Å². The van der Waals surface area contributed by atoms with E-state index >= 15 is 0 Å². The molecule has 0 aliphatic heterocycles. The van der Waals surface area contributed by atoms with Gasteiger partial charge in [-0.3, -0.25) is 9.80 Å². The van der Waals surface area contributed by atoms with Crippen LogP contribution in [0.5, 0.6) is 0 Å². The monoisotopic (exact) mass is 741 g/mol. The maximum absolute atomic E-state index is 3.61. The molecule has 10 aliphatic carbocycles. The Kier molecular flexibility index (Phi) is 11.9. The minimum Gasteiger partial charge on any atom is -0.294 e. The quantitative estimate of drug-likeness (QED) is 0.268. The van der Waals surface area contributed by atoms with Gasteiger partial charge in [0, 0.05) is 36.3 Å². The first-order chi connectivity index (χ1) is 26.6. The van der Waals surface area contributed by atoms with Crippen molar-refractivity contribution in [2.75, 3.05) is 0 Å². The van der Waals surface area contributed by atoms with E-state index in [1.54, 1.807) is 141 Å². The Hall–Kier alpha value is -0.0800. The third-order valence-electron chi connectivity index (χ3n) is 20.7. The van der Waals surface area contributed by atoms with Crippen LogP contribution in [-0.2, 0) is 0 Å². The van der Waals surface area contributed by atoms with Gasteiger partial charge in [0.2, 0.25) is 0 Å². The highest BCUT2D eigenvalue weighted by Crippen LogP contribution is 2.61. The molecule has 16 atom stereocenters. The summed E-state index contributed by atoms with van der Waals surface area (Å²) >= 11 is 0. The van der Waals surface area contributed by atoms with Crippen LogP contribution in [-0.4, -0.2) is 46.1 Å². The molecule has 16 unspecified atom stereocenters. The summed E-state index contributed by atoms with van der Waals surface area (Å²) < 4.78 is 0. The van der Waals surface area contributed by atoms with Gasteiger partial charge < -0.3 is 0 Å². The van der Waals surface area contributed by atoms with Crippen LogP contribution >= 0.6 is 0 Å². The number of hydrogen-bond donors (Lipinski definition) is 0. The van der Waals surface area contributed by atoms with Crippen LogP contribution in [0.2, 0.25) is 0 Å². The second-order valence-corrected chi connectivity index (χ2v) is 23.3. The molecule has 306 valence electrons. The number of nitrogens with zero attached hydrogens (tertiary/aromatic N) is 2. The molecular weight excluding hydrogens is 653 g/mol. The van der Waals surface area contributed by atoms with E-state index in [0.717, 1.165) is 107 Å². The standard InChI is InChI=1S/C52H88N2/c1-35-28-30-41(31-29-35)53(49-26-12-19-37-15-3-7-22-43(37)49)51-45-24-9-5-17-39(45)34-48-47(51)33-40-18-6-10-25-46(40)52(48)54(42-21-11-14-36(2)32-42)50-27-13-20-38-16-4-8-23-44(38)50/h35-52H,3-34H2,1-2H3. The third-order valence-corrected chi connectivity index (χ3v) is 20.7. The lowest BCUT2D eigenvalue weighted by atomic mass is 9.49. The highest BCUT2D eigenvalue weighted by molar-refractivity contribution is 5.12. The van der Waals surface area contributed by atoms with E-state index in [2.05, 4.69) is 23.6 Å². The molecule has 10 fully saturated rings. The molecule has 0 bridgehead atoms. The first kappa shape index (κ1) is 38.1. The van der Waals surface area contributed by atoms with Crippen LogP contribution in [0.25, 0.3) is 0 Å². The molecule has 2 nitrogen and oxygen atoms in total. The largest absolute Gasteiger partial charge is 0.294 e. The smallest absolute Gasteiger partial charge is 0.0164 e. The Bertz CT molecular complexity index is 1200. The molecule has 0 radical (unpaired) electrons. The van der Waals surface area contributed by atoms with Gasteiger partial charge in [-0.05, 0) is 161 Å². The highest BCUT2D eigenvalue weighted by atomic mass is 15.3. The lowest BCUT2D eigenvalue weighted by Gasteiger charge is -2.66. The van der Waals surface area contributed by atoms with Crippen molar-refractivity contribution in [1.29, 1.82) is 0 Å². The van der Waals surface area contributed by atoms with Gasteiger partial charge in [0.15, 0.2) is 0 Å². The van der Waals surface area contributed by atoms with Crippen LogP contribution in [0.3, 0.4) is 0 Å². The van der Waals surface area contributed by atoms with E-state index in [9.17, 15) is 0 Å². The van der Waals surface area contributed by atoms with Crippen LogP contribution in [0.15, 0.2) is 0 Å². The zero-order valence-electron chi connectivity index (χ0n) is 35.9. The van der Waals surface area contributed by atoms with E-state index in [-0.39, 0.29) is 0 Å². The van der Waals surface area contributed by atoms with Crippen LogP contribution in [0.1, 0.15) is 219 Å². The van der Waals surface area contributed by atoms with Gasteiger partial charge in [0.1, 0.15) is 0 Å².